The van der Waals surface area contributed by atoms with E-state index in [9.17, 15) is 9.90 Å². The van der Waals surface area contributed by atoms with Crippen molar-refractivity contribution < 1.29 is 14.6 Å². The van der Waals surface area contributed by atoms with Crippen molar-refractivity contribution in [3.63, 3.8) is 0 Å². The molecule has 1 aliphatic carbocycles. The van der Waals surface area contributed by atoms with E-state index in [2.05, 4.69) is 29.2 Å². The Labute approximate surface area is 142 Å². The van der Waals surface area contributed by atoms with Crippen LogP contribution in [0.3, 0.4) is 0 Å². The third-order valence-corrected chi connectivity index (χ3v) is 5.89. The van der Waals surface area contributed by atoms with Crippen LogP contribution in [-0.4, -0.2) is 36.2 Å². The Morgan fingerprint density at radius 1 is 1.29 bits per heavy atom. The number of carbonyl (C=O) groups is 1. The van der Waals surface area contributed by atoms with E-state index in [0.29, 0.717) is 12.5 Å². The maximum absolute atomic E-state index is 11.8. The van der Waals surface area contributed by atoms with E-state index in [0.717, 1.165) is 38.1 Å². The smallest absolute Gasteiger partial charge is 0.311 e. The van der Waals surface area contributed by atoms with E-state index < -0.39 is 11.4 Å². The second-order valence-corrected chi connectivity index (χ2v) is 7.27. The molecule has 4 nitrogen and oxygen atoms in total. The van der Waals surface area contributed by atoms with Gasteiger partial charge in [-0.05, 0) is 53.3 Å². The van der Waals surface area contributed by atoms with Crippen LogP contribution >= 0.6 is 0 Å². The summed E-state index contributed by atoms with van der Waals surface area (Å²) in [5.74, 6) is 0.587. The van der Waals surface area contributed by atoms with Gasteiger partial charge in [-0.15, -0.1) is 0 Å². The normalized spacial score (nSPS) is 26.6. The molecule has 0 spiro atoms. The van der Waals surface area contributed by atoms with Gasteiger partial charge in [-0.25, -0.2) is 0 Å². The lowest BCUT2D eigenvalue weighted by Crippen LogP contribution is -2.35. The van der Waals surface area contributed by atoms with Gasteiger partial charge in [0.2, 0.25) is 0 Å². The fourth-order valence-corrected chi connectivity index (χ4v) is 4.62. The number of hydrogen-bond acceptors (Lipinski definition) is 3. The topological polar surface area (TPSA) is 49.8 Å². The molecule has 0 unspecified atom stereocenters. The molecule has 1 saturated heterocycles. The predicted octanol–water partition coefficient (Wildman–Crippen LogP) is 3.54. The zero-order valence-electron chi connectivity index (χ0n) is 14.0. The lowest BCUT2D eigenvalue weighted by atomic mass is 9.81. The van der Waals surface area contributed by atoms with Gasteiger partial charge in [0.25, 0.3) is 0 Å². The summed E-state index contributed by atoms with van der Waals surface area (Å²) < 4.78 is 5.27. The average molecular weight is 325 g/mol. The number of hydrogen-bond donors (Lipinski definition) is 1. The molecule has 0 amide bonds. The van der Waals surface area contributed by atoms with Gasteiger partial charge in [-0.3, -0.25) is 9.69 Å². The molecular formula is C20H23NO3. The number of ether oxygens (including phenoxy) is 1. The first kappa shape index (κ1) is 15.5. The maximum Gasteiger partial charge on any atom is 0.311 e. The monoisotopic (exact) mass is 325 g/mol. The molecule has 2 atom stereocenters. The van der Waals surface area contributed by atoms with Crippen molar-refractivity contribution in [3.05, 3.63) is 42.0 Å². The molecule has 126 valence electrons. The highest BCUT2D eigenvalue weighted by Gasteiger charge is 2.54. The Morgan fingerprint density at radius 2 is 2.08 bits per heavy atom. The van der Waals surface area contributed by atoms with E-state index in [1.807, 2.05) is 12.1 Å². The third-order valence-electron chi connectivity index (χ3n) is 5.89. The number of aliphatic carboxylic acids is 1. The number of rotatable bonds is 4. The molecule has 0 bridgehead atoms. The summed E-state index contributed by atoms with van der Waals surface area (Å²) in [7, 11) is 1.68. The Balaban J connectivity index is 1.54. The van der Waals surface area contributed by atoms with Crippen LogP contribution in [0.1, 0.15) is 24.8 Å². The first-order chi connectivity index (χ1) is 11.6. The largest absolute Gasteiger partial charge is 0.497 e. The summed E-state index contributed by atoms with van der Waals surface area (Å²) in [4.78, 5) is 14.1. The number of nitrogens with zero attached hydrogens (tertiary/aromatic N) is 1. The Hall–Kier alpha value is -2.07. The van der Waals surface area contributed by atoms with Crippen LogP contribution in [0.5, 0.6) is 5.75 Å². The summed E-state index contributed by atoms with van der Waals surface area (Å²) in [6.45, 7) is 2.42. The van der Waals surface area contributed by atoms with E-state index in [-0.39, 0.29) is 0 Å². The van der Waals surface area contributed by atoms with Gasteiger partial charge in [0.1, 0.15) is 5.75 Å². The highest BCUT2D eigenvalue weighted by molar-refractivity contribution is 5.84. The standard InChI is InChI=1S/C20H23NO3/c1-24-18-7-6-15-9-14(4-5-16(15)10-18)11-21-12-17-3-2-8-20(17,13-21)19(22)23/h4-7,9-10,17H,2-3,8,11-13H2,1H3,(H,22,23)/t17-,20+/m0/s1. The number of fused-ring (bicyclic) bond motifs is 2. The fourth-order valence-electron chi connectivity index (χ4n) is 4.62. The molecule has 4 rings (SSSR count). The minimum Gasteiger partial charge on any atom is -0.497 e. The van der Waals surface area contributed by atoms with Crippen molar-refractivity contribution in [2.75, 3.05) is 20.2 Å². The Morgan fingerprint density at radius 3 is 2.83 bits per heavy atom. The van der Waals surface area contributed by atoms with Crippen molar-refractivity contribution in [3.8, 4) is 5.75 Å². The molecule has 1 aliphatic heterocycles. The third kappa shape index (κ3) is 2.46. The zero-order chi connectivity index (χ0) is 16.7. The molecule has 1 heterocycles. The Kier molecular flexibility index (Phi) is 3.72. The molecule has 2 fully saturated rings. The van der Waals surface area contributed by atoms with Gasteiger partial charge in [0.05, 0.1) is 12.5 Å². The van der Waals surface area contributed by atoms with Crippen LogP contribution in [0.2, 0.25) is 0 Å². The highest BCUT2D eigenvalue weighted by Crippen LogP contribution is 2.49. The van der Waals surface area contributed by atoms with Crippen molar-refractivity contribution in [1.82, 2.24) is 4.90 Å². The fraction of sp³-hybridized carbons (Fsp3) is 0.450. The summed E-state index contributed by atoms with van der Waals surface area (Å²) in [5, 5.41) is 12.1. The minimum absolute atomic E-state index is 0.319. The molecule has 2 aliphatic rings. The molecule has 0 aromatic heterocycles. The van der Waals surface area contributed by atoms with Crippen molar-refractivity contribution >= 4 is 16.7 Å². The van der Waals surface area contributed by atoms with Crippen LogP contribution in [0.15, 0.2) is 36.4 Å². The second-order valence-electron chi connectivity index (χ2n) is 7.27. The number of carboxylic acids is 1. The minimum atomic E-state index is -0.599. The number of carboxylic acid groups (broad SMARTS) is 1. The molecule has 0 radical (unpaired) electrons. The lowest BCUT2D eigenvalue weighted by Gasteiger charge is -2.23. The van der Waals surface area contributed by atoms with Gasteiger partial charge < -0.3 is 9.84 Å². The van der Waals surface area contributed by atoms with Gasteiger partial charge in [-0.2, -0.15) is 0 Å². The van der Waals surface area contributed by atoms with E-state index in [4.69, 9.17) is 4.74 Å². The molecular weight excluding hydrogens is 302 g/mol. The number of benzene rings is 2. The van der Waals surface area contributed by atoms with Crippen molar-refractivity contribution in [1.29, 1.82) is 0 Å². The van der Waals surface area contributed by atoms with E-state index >= 15 is 0 Å². The van der Waals surface area contributed by atoms with Crippen LogP contribution in [0, 0.1) is 11.3 Å². The van der Waals surface area contributed by atoms with Crippen LogP contribution in [-0.2, 0) is 11.3 Å². The first-order valence-corrected chi connectivity index (χ1v) is 8.63. The molecule has 2 aromatic carbocycles. The maximum atomic E-state index is 11.8. The summed E-state index contributed by atoms with van der Waals surface area (Å²) in [5.41, 5.74) is 0.748. The van der Waals surface area contributed by atoms with Crippen LogP contribution in [0.4, 0.5) is 0 Å². The van der Waals surface area contributed by atoms with E-state index in [1.165, 1.54) is 16.3 Å². The number of methoxy groups -OCH3 is 1. The quantitative estimate of drug-likeness (QED) is 0.934. The molecule has 24 heavy (non-hydrogen) atoms. The highest BCUT2D eigenvalue weighted by atomic mass is 16.5. The summed E-state index contributed by atoms with van der Waals surface area (Å²) in [6, 6.07) is 12.6. The first-order valence-electron chi connectivity index (χ1n) is 8.63. The predicted molar refractivity (Wildman–Crippen MR) is 93.2 cm³/mol. The molecule has 1 saturated carbocycles. The van der Waals surface area contributed by atoms with E-state index in [1.54, 1.807) is 7.11 Å². The molecule has 2 aromatic rings. The number of likely N-dealkylation sites (tertiary alicyclic amines) is 1. The van der Waals surface area contributed by atoms with Crippen molar-refractivity contribution in [2.24, 2.45) is 11.3 Å². The molecule has 4 heteroatoms. The zero-order valence-corrected chi connectivity index (χ0v) is 14.0. The van der Waals surface area contributed by atoms with Gasteiger partial charge >= 0.3 is 5.97 Å². The van der Waals surface area contributed by atoms with Crippen LogP contribution < -0.4 is 4.74 Å². The lowest BCUT2D eigenvalue weighted by molar-refractivity contribution is -0.149. The second kappa shape index (κ2) is 5.78. The van der Waals surface area contributed by atoms with Crippen LogP contribution in [0.25, 0.3) is 10.8 Å². The van der Waals surface area contributed by atoms with Crippen molar-refractivity contribution in [2.45, 2.75) is 25.8 Å². The van der Waals surface area contributed by atoms with Gasteiger partial charge in [0, 0.05) is 19.6 Å². The SMILES string of the molecule is COc1ccc2cc(CN3C[C@@H]4CCC[C@@]4(C(=O)O)C3)ccc2c1. The summed E-state index contributed by atoms with van der Waals surface area (Å²) >= 11 is 0. The summed E-state index contributed by atoms with van der Waals surface area (Å²) in [6.07, 6.45) is 2.95. The average Bonchev–Trinajstić information content (AvgIpc) is 3.12. The Bertz CT molecular complexity index is 788. The van der Waals surface area contributed by atoms with Gasteiger partial charge in [-0.1, -0.05) is 24.6 Å². The molecule has 1 N–H and O–H groups in total. The van der Waals surface area contributed by atoms with Gasteiger partial charge in [0.15, 0.2) is 0 Å².